The van der Waals surface area contributed by atoms with Crippen molar-refractivity contribution in [2.24, 2.45) is 0 Å². The second kappa shape index (κ2) is 7.36. The Balaban J connectivity index is 1.89. The second-order valence-electron chi connectivity index (χ2n) is 5.10. The van der Waals surface area contributed by atoms with Crippen molar-refractivity contribution < 1.29 is 9.84 Å². The zero-order valence-electron chi connectivity index (χ0n) is 12.3. The molecule has 0 heterocycles. The van der Waals surface area contributed by atoms with Crippen molar-refractivity contribution in [2.75, 3.05) is 12.4 Å². The van der Waals surface area contributed by atoms with Crippen molar-refractivity contribution in [1.82, 2.24) is 0 Å². The zero-order valence-corrected chi connectivity index (χ0v) is 13.9. The number of methoxy groups -OCH3 is 1. The third kappa shape index (κ3) is 4.67. The highest BCUT2D eigenvalue weighted by atomic mass is 79.9. The predicted molar refractivity (Wildman–Crippen MR) is 90.2 cm³/mol. The van der Waals surface area contributed by atoms with Gasteiger partial charge in [0, 0.05) is 17.8 Å². The Morgan fingerprint density at radius 2 is 1.90 bits per heavy atom. The number of aromatic hydroxyl groups is 1. The number of hydrogen-bond donors (Lipinski definition) is 2. The van der Waals surface area contributed by atoms with E-state index in [0.717, 1.165) is 28.8 Å². The van der Waals surface area contributed by atoms with Crippen LogP contribution < -0.4 is 10.1 Å². The molecule has 2 rings (SSSR count). The molecule has 0 fully saturated rings. The van der Waals surface area contributed by atoms with Crippen LogP contribution >= 0.6 is 15.9 Å². The first-order chi connectivity index (χ1) is 10.1. The molecule has 2 aromatic rings. The van der Waals surface area contributed by atoms with Gasteiger partial charge >= 0.3 is 0 Å². The lowest BCUT2D eigenvalue weighted by Crippen LogP contribution is -2.16. The number of rotatable bonds is 6. The first-order valence-electron chi connectivity index (χ1n) is 6.96. The molecule has 0 spiro atoms. The monoisotopic (exact) mass is 349 g/mol. The van der Waals surface area contributed by atoms with Gasteiger partial charge in [-0.25, -0.2) is 0 Å². The number of aryl methyl sites for hydroxylation is 1. The highest BCUT2D eigenvalue weighted by Crippen LogP contribution is 2.28. The van der Waals surface area contributed by atoms with E-state index in [1.807, 2.05) is 30.3 Å². The number of anilines is 1. The first kappa shape index (κ1) is 15.7. The van der Waals surface area contributed by atoms with E-state index in [4.69, 9.17) is 4.74 Å². The van der Waals surface area contributed by atoms with E-state index >= 15 is 0 Å². The summed E-state index contributed by atoms with van der Waals surface area (Å²) in [5.74, 6) is 1.14. The molecule has 0 aliphatic carbocycles. The molecule has 0 radical (unpaired) electrons. The largest absolute Gasteiger partial charge is 0.508 e. The van der Waals surface area contributed by atoms with Crippen LogP contribution in [-0.2, 0) is 6.42 Å². The van der Waals surface area contributed by atoms with Gasteiger partial charge < -0.3 is 15.2 Å². The fourth-order valence-electron chi connectivity index (χ4n) is 2.15. The van der Waals surface area contributed by atoms with E-state index in [2.05, 4.69) is 28.2 Å². The summed E-state index contributed by atoms with van der Waals surface area (Å²) in [7, 11) is 1.66. The fraction of sp³-hybridized carbons (Fsp3) is 0.294. The predicted octanol–water partition coefficient (Wildman–Crippen LogP) is 4.60. The van der Waals surface area contributed by atoms with Crippen LogP contribution in [0.2, 0.25) is 0 Å². The molecule has 0 aliphatic heterocycles. The molecule has 0 amide bonds. The quantitative estimate of drug-likeness (QED) is 0.800. The maximum Gasteiger partial charge on any atom is 0.135 e. The van der Waals surface area contributed by atoms with Crippen LogP contribution in [0.25, 0.3) is 0 Å². The molecule has 21 heavy (non-hydrogen) atoms. The van der Waals surface area contributed by atoms with Crippen LogP contribution in [0.1, 0.15) is 18.9 Å². The molecule has 2 N–H and O–H groups in total. The first-order valence-corrected chi connectivity index (χ1v) is 7.76. The van der Waals surface area contributed by atoms with Crippen LogP contribution in [0, 0.1) is 0 Å². The lowest BCUT2D eigenvalue weighted by molar-refractivity contribution is 0.412. The Morgan fingerprint density at radius 3 is 2.57 bits per heavy atom. The van der Waals surface area contributed by atoms with E-state index in [1.165, 1.54) is 5.56 Å². The number of halogens is 1. The molecule has 0 bridgehead atoms. The molecule has 0 saturated carbocycles. The second-order valence-corrected chi connectivity index (χ2v) is 5.95. The SMILES string of the molecule is COc1cc(NC(C)CCc2ccc(O)cc2)ccc1Br. The van der Waals surface area contributed by atoms with Gasteiger partial charge in [0.1, 0.15) is 11.5 Å². The minimum atomic E-state index is 0.312. The average Bonchev–Trinajstić information content (AvgIpc) is 2.48. The Labute approximate surface area is 134 Å². The number of phenols is 1. The minimum absolute atomic E-state index is 0.312. The van der Waals surface area contributed by atoms with Gasteiger partial charge in [-0.05, 0) is 65.5 Å². The molecule has 0 saturated heterocycles. The summed E-state index contributed by atoms with van der Waals surface area (Å²) in [6.45, 7) is 2.16. The summed E-state index contributed by atoms with van der Waals surface area (Å²) in [5, 5.41) is 12.7. The van der Waals surface area contributed by atoms with Crippen molar-refractivity contribution in [3.05, 3.63) is 52.5 Å². The van der Waals surface area contributed by atoms with E-state index in [0.29, 0.717) is 11.8 Å². The van der Waals surface area contributed by atoms with Crippen molar-refractivity contribution in [3.63, 3.8) is 0 Å². The summed E-state index contributed by atoms with van der Waals surface area (Å²) in [5.41, 5.74) is 2.28. The molecular formula is C17H20BrNO2. The van der Waals surface area contributed by atoms with Crippen molar-refractivity contribution in [1.29, 1.82) is 0 Å². The van der Waals surface area contributed by atoms with E-state index in [1.54, 1.807) is 19.2 Å². The van der Waals surface area contributed by atoms with Gasteiger partial charge in [-0.3, -0.25) is 0 Å². The molecule has 112 valence electrons. The normalized spacial score (nSPS) is 12.0. The molecule has 2 aromatic carbocycles. The molecule has 0 aromatic heterocycles. The third-order valence-corrected chi connectivity index (χ3v) is 4.02. The average molecular weight is 350 g/mol. The van der Waals surface area contributed by atoms with Gasteiger partial charge in [-0.15, -0.1) is 0 Å². The number of nitrogens with one attached hydrogen (secondary N) is 1. The van der Waals surface area contributed by atoms with E-state index < -0.39 is 0 Å². The lowest BCUT2D eigenvalue weighted by atomic mass is 10.1. The van der Waals surface area contributed by atoms with Crippen LogP contribution in [0.15, 0.2) is 46.9 Å². The molecule has 0 aliphatic rings. The molecule has 1 atom stereocenters. The van der Waals surface area contributed by atoms with Crippen molar-refractivity contribution >= 4 is 21.6 Å². The maximum atomic E-state index is 9.27. The summed E-state index contributed by atoms with van der Waals surface area (Å²) < 4.78 is 6.25. The topological polar surface area (TPSA) is 41.5 Å². The molecular weight excluding hydrogens is 330 g/mol. The highest BCUT2D eigenvalue weighted by Gasteiger charge is 2.06. The number of hydrogen-bond acceptors (Lipinski definition) is 3. The Morgan fingerprint density at radius 1 is 1.19 bits per heavy atom. The maximum absolute atomic E-state index is 9.27. The lowest BCUT2D eigenvalue weighted by Gasteiger charge is -2.16. The summed E-state index contributed by atoms with van der Waals surface area (Å²) in [6.07, 6.45) is 1.99. The molecule has 3 nitrogen and oxygen atoms in total. The number of benzene rings is 2. The highest BCUT2D eigenvalue weighted by molar-refractivity contribution is 9.10. The van der Waals surface area contributed by atoms with Gasteiger partial charge in [-0.2, -0.15) is 0 Å². The summed E-state index contributed by atoms with van der Waals surface area (Å²) in [4.78, 5) is 0. The Bertz CT molecular complexity index is 584. The fourth-order valence-corrected chi connectivity index (χ4v) is 2.56. The zero-order chi connectivity index (χ0) is 15.2. The van der Waals surface area contributed by atoms with Crippen LogP contribution in [0.4, 0.5) is 5.69 Å². The Hall–Kier alpha value is -1.68. The van der Waals surface area contributed by atoms with Crippen molar-refractivity contribution in [2.45, 2.75) is 25.8 Å². The Kier molecular flexibility index (Phi) is 5.51. The van der Waals surface area contributed by atoms with Gasteiger partial charge in [-0.1, -0.05) is 12.1 Å². The van der Waals surface area contributed by atoms with E-state index in [-0.39, 0.29) is 0 Å². The number of ether oxygens (including phenoxy) is 1. The minimum Gasteiger partial charge on any atom is -0.508 e. The van der Waals surface area contributed by atoms with Crippen molar-refractivity contribution in [3.8, 4) is 11.5 Å². The summed E-state index contributed by atoms with van der Waals surface area (Å²) in [6, 6.07) is 13.7. The smallest absolute Gasteiger partial charge is 0.135 e. The molecule has 1 unspecified atom stereocenters. The van der Waals surface area contributed by atoms with Gasteiger partial charge in [0.2, 0.25) is 0 Å². The van der Waals surface area contributed by atoms with Gasteiger partial charge in [0.05, 0.1) is 11.6 Å². The standard InChI is InChI=1S/C17H20BrNO2/c1-12(3-4-13-5-8-15(20)9-6-13)19-14-7-10-16(18)17(11-14)21-2/h5-12,19-20H,3-4H2,1-2H3. The van der Waals surface area contributed by atoms with E-state index in [9.17, 15) is 5.11 Å². The van der Waals surface area contributed by atoms with Crippen LogP contribution in [0.5, 0.6) is 11.5 Å². The van der Waals surface area contributed by atoms with Crippen LogP contribution in [0.3, 0.4) is 0 Å². The number of phenolic OH excluding ortho intramolecular Hbond substituents is 1. The van der Waals surface area contributed by atoms with Gasteiger partial charge in [0.15, 0.2) is 0 Å². The summed E-state index contributed by atoms with van der Waals surface area (Å²) >= 11 is 3.45. The van der Waals surface area contributed by atoms with Crippen LogP contribution in [-0.4, -0.2) is 18.3 Å². The molecule has 4 heteroatoms. The van der Waals surface area contributed by atoms with Gasteiger partial charge in [0.25, 0.3) is 0 Å². The third-order valence-electron chi connectivity index (χ3n) is 3.37.